The van der Waals surface area contributed by atoms with Crippen LogP contribution in [-0.4, -0.2) is 51.1 Å². The second kappa shape index (κ2) is 5.98. The van der Waals surface area contributed by atoms with Crippen molar-refractivity contribution in [2.45, 2.75) is 20.8 Å². The third kappa shape index (κ3) is 5.22. The largest absolute Gasteiger partial charge is 0.324 e. The highest BCUT2D eigenvalue weighted by atomic mass is 33.1. The molecule has 0 unspecified atom stereocenters. The summed E-state index contributed by atoms with van der Waals surface area (Å²) in [5.41, 5.74) is 0. The van der Waals surface area contributed by atoms with Crippen LogP contribution in [0.15, 0.2) is 0 Å². The zero-order chi connectivity index (χ0) is 11.2. The predicted octanol–water partition coefficient (Wildman–Crippen LogP) is 1.56. The molecule has 0 saturated carbocycles. The van der Waals surface area contributed by atoms with Crippen molar-refractivity contribution in [1.82, 2.24) is 0 Å². The molecule has 86 valence electrons. The van der Waals surface area contributed by atoms with Gasteiger partial charge in [0.15, 0.2) is 8.87 Å². The van der Waals surface area contributed by atoms with Gasteiger partial charge >= 0.3 is 0 Å². The van der Waals surface area contributed by atoms with E-state index in [4.69, 9.17) is 0 Å². The first-order valence-electron chi connectivity index (χ1n) is 5.08. The maximum atomic E-state index is 10.9. The number of quaternary nitrogens is 1. The van der Waals surface area contributed by atoms with Crippen LogP contribution in [0.3, 0.4) is 0 Å². The Balaban J connectivity index is 4.08. The molecule has 0 spiro atoms. The van der Waals surface area contributed by atoms with Crippen molar-refractivity contribution < 1.29 is 12.9 Å². The Labute approximate surface area is 91.8 Å². The van der Waals surface area contributed by atoms with Gasteiger partial charge in [-0.15, -0.1) is 0 Å². The molecule has 0 aromatic heterocycles. The van der Waals surface area contributed by atoms with Crippen LogP contribution >= 0.6 is 10.8 Å². The van der Waals surface area contributed by atoms with Gasteiger partial charge in [-0.1, -0.05) is 0 Å². The summed E-state index contributed by atoms with van der Waals surface area (Å²) in [7, 11) is -1.80. The van der Waals surface area contributed by atoms with Gasteiger partial charge in [0.1, 0.15) is 0 Å². The third-order valence-corrected chi connectivity index (χ3v) is 5.44. The van der Waals surface area contributed by atoms with Crippen molar-refractivity contribution >= 4 is 19.7 Å². The van der Waals surface area contributed by atoms with Gasteiger partial charge in [0.2, 0.25) is 0 Å². The number of rotatable bonds is 7. The average molecular weight is 240 g/mol. The molecule has 0 fully saturated rings. The Hall–Kier alpha value is 0.260. The van der Waals surface area contributed by atoms with Gasteiger partial charge in [0, 0.05) is 6.26 Å². The van der Waals surface area contributed by atoms with Crippen molar-refractivity contribution in [3.63, 3.8) is 0 Å². The van der Waals surface area contributed by atoms with Gasteiger partial charge in [0.05, 0.1) is 31.9 Å². The van der Waals surface area contributed by atoms with E-state index in [1.54, 1.807) is 0 Å². The third-order valence-electron chi connectivity index (χ3n) is 2.88. The molecule has 0 aliphatic heterocycles. The summed E-state index contributed by atoms with van der Waals surface area (Å²) < 4.78 is 22.9. The predicted molar refractivity (Wildman–Crippen MR) is 64.1 cm³/mol. The second-order valence-electron chi connectivity index (χ2n) is 3.54. The van der Waals surface area contributed by atoms with E-state index in [9.17, 15) is 8.42 Å². The van der Waals surface area contributed by atoms with Crippen LogP contribution in [0.2, 0.25) is 0 Å². The molecule has 3 nitrogen and oxygen atoms in total. The zero-order valence-corrected chi connectivity index (χ0v) is 11.2. The molecule has 0 aliphatic rings. The van der Waals surface area contributed by atoms with Crippen molar-refractivity contribution in [3.8, 4) is 0 Å². The molecule has 0 saturated heterocycles. The van der Waals surface area contributed by atoms with Crippen molar-refractivity contribution in [1.29, 1.82) is 0 Å². The van der Waals surface area contributed by atoms with E-state index in [1.165, 1.54) is 6.26 Å². The molecule has 0 aromatic rings. The smallest absolute Gasteiger partial charge is 0.198 e. The first kappa shape index (κ1) is 14.3. The Bertz CT molecular complexity index is 237. The van der Waals surface area contributed by atoms with Crippen LogP contribution in [0.25, 0.3) is 0 Å². The number of nitrogens with zero attached hydrogens (tertiary/aromatic N) is 1. The quantitative estimate of drug-likeness (QED) is 0.500. The van der Waals surface area contributed by atoms with E-state index in [1.807, 2.05) is 0 Å². The number of hydrogen-bond donors (Lipinski definition) is 0. The maximum Gasteiger partial charge on any atom is 0.198 e. The van der Waals surface area contributed by atoms with Gasteiger partial charge in [-0.05, 0) is 31.6 Å². The first-order valence-corrected chi connectivity index (χ1v) is 8.48. The Morgan fingerprint density at radius 2 is 1.50 bits per heavy atom. The molecule has 0 N–H and O–H groups in total. The fourth-order valence-corrected chi connectivity index (χ4v) is 3.42. The lowest BCUT2D eigenvalue weighted by atomic mass is 10.3. The molecule has 0 rings (SSSR count). The van der Waals surface area contributed by atoms with Crippen molar-refractivity contribution in [2.24, 2.45) is 0 Å². The molecule has 0 bridgehead atoms. The topological polar surface area (TPSA) is 34.1 Å². The van der Waals surface area contributed by atoms with Gasteiger partial charge < -0.3 is 4.48 Å². The Morgan fingerprint density at radius 3 is 1.79 bits per heavy atom. The molecule has 0 atom stereocenters. The summed E-state index contributed by atoms with van der Waals surface area (Å²) in [5.74, 6) is 0.703. The number of hydrogen-bond acceptors (Lipinski definition) is 3. The van der Waals surface area contributed by atoms with Crippen LogP contribution in [0.5, 0.6) is 0 Å². The highest BCUT2D eigenvalue weighted by Gasteiger charge is 2.20. The van der Waals surface area contributed by atoms with Gasteiger partial charge in [-0.2, -0.15) is 0 Å². The molecule has 5 heteroatoms. The minimum atomic E-state index is -2.86. The van der Waals surface area contributed by atoms with E-state index < -0.39 is 8.87 Å². The molecule has 0 amide bonds. The average Bonchev–Trinajstić information content (AvgIpc) is 2.11. The molecule has 14 heavy (non-hydrogen) atoms. The molecular formula is C9H22NO2S2+. The lowest BCUT2D eigenvalue weighted by Crippen LogP contribution is -2.49. The summed E-state index contributed by atoms with van der Waals surface area (Å²) >= 11 is 0. The normalized spacial score (nSPS) is 13.1. The SMILES string of the molecule is CC[N+](CC)(CC)CCSS(C)(=O)=O. The Kier molecular flexibility index (Phi) is 6.09. The van der Waals surface area contributed by atoms with E-state index in [0.717, 1.165) is 41.5 Å². The summed E-state index contributed by atoms with van der Waals surface area (Å²) in [6, 6.07) is 0. The zero-order valence-electron chi connectivity index (χ0n) is 9.62. The second-order valence-corrected chi connectivity index (χ2v) is 8.12. The lowest BCUT2D eigenvalue weighted by molar-refractivity contribution is -0.920. The van der Waals surface area contributed by atoms with Crippen molar-refractivity contribution in [3.05, 3.63) is 0 Å². The molecule has 0 radical (unpaired) electrons. The molecule has 0 aliphatic carbocycles. The minimum Gasteiger partial charge on any atom is -0.324 e. The van der Waals surface area contributed by atoms with E-state index in [-0.39, 0.29) is 0 Å². The highest BCUT2D eigenvalue weighted by Crippen LogP contribution is 2.13. The van der Waals surface area contributed by atoms with Crippen LogP contribution in [0.1, 0.15) is 20.8 Å². The molecular weight excluding hydrogens is 218 g/mol. The summed E-state index contributed by atoms with van der Waals surface area (Å²) in [6.45, 7) is 10.7. The van der Waals surface area contributed by atoms with E-state index >= 15 is 0 Å². The highest BCUT2D eigenvalue weighted by molar-refractivity contribution is 8.71. The van der Waals surface area contributed by atoms with Gasteiger partial charge in [0.25, 0.3) is 0 Å². The fourth-order valence-electron chi connectivity index (χ4n) is 1.53. The first-order chi connectivity index (χ1) is 6.39. The van der Waals surface area contributed by atoms with Gasteiger partial charge in [-0.3, -0.25) is 0 Å². The lowest BCUT2D eigenvalue weighted by Gasteiger charge is -2.35. The van der Waals surface area contributed by atoms with Crippen LogP contribution in [0, 0.1) is 0 Å². The summed E-state index contributed by atoms with van der Waals surface area (Å²) in [4.78, 5) is 0. The summed E-state index contributed by atoms with van der Waals surface area (Å²) in [6.07, 6.45) is 1.27. The van der Waals surface area contributed by atoms with Crippen LogP contribution in [0.4, 0.5) is 0 Å². The standard InChI is InChI=1S/C9H22NO2S2/c1-5-10(6-2,7-3)8-9-13-14(4,11)12/h5-9H2,1-4H3/q+1. The maximum absolute atomic E-state index is 10.9. The fraction of sp³-hybridized carbons (Fsp3) is 1.00. The monoisotopic (exact) mass is 240 g/mol. The summed E-state index contributed by atoms with van der Waals surface area (Å²) in [5, 5.41) is 0. The minimum absolute atomic E-state index is 0.703. The van der Waals surface area contributed by atoms with E-state index in [0.29, 0.717) is 5.75 Å². The van der Waals surface area contributed by atoms with Crippen molar-refractivity contribution in [2.75, 3.05) is 38.2 Å². The van der Waals surface area contributed by atoms with Crippen LogP contribution in [-0.2, 0) is 8.87 Å². The van der Waals surface area contributed by atoms with Crippen LogP contribution < -0.4 is 0 Å². The van der Waals surface area contributed by atoms with Gasteiger partial charge in [-0.25, -0.2) is 8.42 Å². The molecule has 0 heterocycles. The Morgan fingerprint density at radius 1 is 1.07 bits per heavy atom. The van der Waals surface area contributed by atoms with E-state index in [2.05, 4.69) is 20.8 Å². The molecule has 0 aromatic carbocycles.